The molecule has 9 nitrogen and oxygen atoms in total. The lowest BCUT2D eigenvalue weighted by Crippen LogP contribution is -2.33. The topological polar surface area (TPSA) is 120 Å². The van der Waals surface area contributed by atoms with E-state index in [1.807, 2.05) is 36.4 Å². The van der Waals surface area contributed by atoms with Crippen LogP contribution in [0.15, 0.2) is 71.2 Å². The Morgan fingerprint density at radius 2 is 1.88 bits per heavy atom. The van der Waals surface area contributed by atoms with E-state index in [0.717, 1.165) is 5.06 Å². The monoisotopic (exact) mass is 453 g/mol. The highest BCUT2D eigenvalue weighted by Gasteiger charge is 2.16. The number of likely N-dealkylation sites (N-methyl/N-ethyl adjacent to an activating group) is 1. The second kappa shape index (κ2) is 11.6. The second-order valence-corrected chi connectivity index (χ2v) is 7.30. The minimum atomic E-state index is -0.323. The molecule has 2 aromatic carbocycles. The number of benzene rings is 2. The summed E-state index contributed by atoms with van der Waals surface area (Å²) in [6, 6.07) is 18.1. The molecule has 1 aromatic heterocycles. The van der Waals surface area contributed by atoms with Crippen LogP contribution in [0.4, 0.5) is 5.13 Å². The van der Waals surface area contributed by atoms with Gasteiger partial charge in [0.1, 0.15) is 5.75 Å². The molecule has 0 atom stereocenters. The van der Waals surface area contributed by atoms with Crippen molar-refractivity contribution < 1.29 is 19.6 Å². The molecule has 0 unspecified atom stereocenters. The van der Waals surface area contributed by atoms with E-state index >= 15 is 0 Å². The number of oxime groups is 1. The van der Waals surface area contributed by atoms with Crippen LogP contribution in [0.2, 0.25) is 0 Å². The summed E-state index contributed by atoms with van der Waals surface area (Å²) in [7, 11) is 0. The number of carbonyl (C=O) groups is 1. The molecule has 0 saturated heterocycles. The lowest BCUT2D eigenvalue weighted by Gasteiger charge is -2.16. The van der Waals surface area contributed by atoms with Crippen LogP contribution in [-0.2, 0) is 16.2 Å². The van der Waals surface area contributed by atoms with Gasteiger partial charge in [0, 0.05) is 17.5 Å². The summed E-state index contributed by atoms with van der Waals surface area (Å²) in [4.78, 5) is 21.7. The smallest absolute Gasteiger partial charge is 0.264 e. The highest BCUT2D eigenvalue weighted by atomic mass is 32.1. The molecule has 0 aliphatic heterocycles. The fourth-order valence-electron chi connectivity index (χ4n) is 2.52. The minimum Gasteiger partial charge on any atom is -0.484 e. The Morgan fingerprint density at radius 1 is 1.19 bits per heavy atom. The molecule has 1 amide bonds. The first-order valence-corrected chi connectivity index (χ1v) is 10.7. The third-order valence-electron chi connectivity index (χ3n) is 4.11. The van der Waals surface area contributed by atoms with E-state index in [1.54, 1.807) is 36.6 Å². The van der Waals surface area contributed by atoms with Crippen LogP contribution in [0.1, 0.15) is 18.2 Å². The summed E-state index contributed by atoms with van der Waals surface area (Å²) in [5.74, 6) is 0.109. The fraction of sp³-hybridized carbons (Fsp3) is 0.182. The maximum absolute atomic E-state index is 12.0. The maximum Gasteiger partial charge on any atom is 0.264 e. The van der Waals surface area contributed by atoms with E-state index in [-0.39, 0.29) is 37.2 Å². The molecule has 3 N–H and O–H groups in total. The van der Waals surface area contributed by atoms with E-state index in [4.69, 9.17) is 15.0 Å². The van der Waals surface area contributed by atoms with Crippen molar-refractivity contribution in [3.63, 3.8) is 0 Å². The Hall–Kier alpha value is -3.76. The number of nitrogens with one attached hydrogen (secondary N) is 2. The highest BCUT2D eigenvalue weighted by molar-refractivity contribution is 7.13. The normalized spacial score (nSPS) is 11.0. The predicted molar refractivity (Wildman–Crippen MR) is 122 cm³/mol. The number of aromatic nitrogens is 1. The van der Waals surface area contributed by atoms with E-state index < -0.39 is 0 Å². The van der Waals surface area contributed by atoms with Gasteiger partial charge in [0.25, 0.3) is 5.91 Å². The first-order chi connectivity index (χ1) is 15.6. The third-order valence-corrected chi connectivity index (χ3v) is 4.92. The zero-order chi connectivity index (χ0) is 22.8. The SMILES string of the molecule is CCN(O)C(=N)/C(=N\OCc1csc(NC(=O)COc2ccccc2)n1)c1ccccc1. The van der Waals surface area contributed by atoms with Gasteiger partial charge >= 0.3 is 0 Å². The molecule has 166 valence electrons. The molecule has 32 heavy (non-hydrogen) atoms. The van der Waals surface area contributed by atoms with Crippen LogP contribution in [-0.4, -0.2) is 45.9 Å². The number of anilines is 1. The molecule has 10 heteroatoms. The van der Waals surface area contributed by atoms with Gasteiger partial charge in [-0.2, -0.15) is 0 Å². The lowest BCUT2D eigenvalue weighted by atomic mass is 10.1. The van der Waals surface area contributed by atoms with Crippen molar-refractivity contribution in [3.8, 4) is 5.75 Å². The van der Waals surface area contributed by atoms with Gasteiger partial charge < -0.3 is 9.57 Å². The number of nitrogens with zero attached hydrogens (tertiary/aromatic N) is 3. The summed E-state index contributed by atoms with van der Waals surface area (Å²) in [6.45, 7) is 1.85. The third kappa shape index (κ3) is 6.62. The van der Waals surface area contributed by atoms with Crippen molar-refractivity contribution in [1.29, 1.82) is 5.41 Å². The molecular weight excluding hydrogens is 430 g/mol. The van der Waals surface area contributed by atoms with Crippen LogP contribution in [0.3, 0.4) is 0 Å². The zero-order valence-electron chi connectivity index (χ0n) is 17.4. The molecule has 0 spiro atoms. The molecule has 0 saturated carbocycles. The van der Waals surface area contributed by atoms with Crippen LogP contribution in [0.25, 0.3) is 0 Å². The highest BCUT2D eigenvalue weighted by Crippen LogP contribution is 2.17. The molecule has 0 radical (unpaired) electrons. The Morgan fingerprint density at radius 3 is 2.56 bits per heavy atom. The van der Waals surface area contributed by atoms with Crippen LogP contribution < -0.4 is 10.1 Å². The Balaban J connectivity index is 1.56. The molecule has 0 bridgehead atoms. The Kier molecular flexibility index (Phi) is 8.29. The van der Waals surface area contributed by atoms with E-state index in [2.05, 4.69) is 15.5 Å². The van der Waals surface area contributed by atoms with Gasteiger partial charge in [-0.25, -0.2) is 10.0 Å². The van der Waals surface area contributed by atoms with Gasteiger partial charge in [-0.05, 0) is 19.1 Å². The van der Waals surface area contributed by atoms with Crippen LogP contribution in [0.5, 0.6) is 5.75 Å². The molecule has 0 aliphatic carbocycles. The quantitative estimate of drug-likeness (QED) is 0.244. The Labute approximate surface area is 189 Å². The van der Waals surface area contributed by atoms with Gasteiger partial charge in [0.05, 0.1) is 5.69 Å². The molecular formula is C22H23N5O4S. The average molecular weight is 454 g/mol. The van der Waals surface area contributed by atoms with Gasteiger partial charge in [-0.1, -0.05) is 53.7 Å². The van der Waals surface area contributed by atoms with Gasteiger partial charge in [-0.15, -0.1) is 11.3 Å². The standard InChI is InChI=1S/C22H23N5O4S/c1-2-27(29)21(23)20(16-9-5-3-6-10-16)26-31-13-17-15-32-22(24-17)25-19(28)14-30-18-11-7-4-8-12-18/h3-12,15,23,29H,2,13-14H2,1H3,(H,24,25,28)/b23-21?,26-20-. The van der Waals surface area contributed by atoms with E-state index in [9.17, 15) is 10.0 Å². The molecule has 0 fully saturated rings. The zero-order valence-corrected chi connectivity index (χ0v) is 18.2. The van der Waals surface area contributed by atoms with Gasteiger partial charge in [-0.3, -0.25) is 20.7 Å². The summed E-state index contributed by atoms with van der Waals surface area (Å²) >= 11 is 1.25. The van der Waals surface area contributed by atoms with Crippen molar-refractivity contribution in [2.75, 3.05) is 18.5 Å². The number of hydrogen-bond acceptors (Lipinski definition) is 8. The average Bonchev–Trinajstić information content (AvgIpc) is 3.27. The summed E-state index contributed by atoms with van der Waals surface area (Å²) in [5.41, 5.74) is 1.39. The number of rotatable bonds is 10. The van der Waals surface area contributed by atoms with Gasteiger partial charge in [0.15, 0.2) is 29.9 Å². The van der Waals surface area contributed by atoms with Crippen LogP contribution >= 0.6 is 11.3 Å². The number of carbonyl (C=O) groups excluding carboxylic acids is 1. The number of hydrogen-bond donors (Lipinski definition) is 3. The first kappa shape index (κ1) is 22.9. The van der Waals surface area contributed by atoms with Crippen molar-refractivity contribution >= 4 is 33.9 Å². The van der Waals surface area contributed by atoms with Crippen molar-refractivity contribution in [2.45, 2.75) is 13.5 Å². The first-order valence-electron chi connectivity index (χ1n) is 9.79. The second-order valence-electron chi connectivity index (χ2n) is 6.44. The number of amidine groups is 1. The summed E-state index contributed by atoms with van der Waals surface area (Å²) in [5, 5.41) is 27.7. The maximum atomic E-state index is 12.0. The lowest BCUT2D eigenvalue weighted by molar-refractivity contribution is -0.118. The summed E-state index contributed by atoms with van der Waals surface area (Å²) in [6.07, 6.45) is 0. The largest absolute Gasteiger partial charge is 0.484 e. The predicted octanol–water partition coefficient (Wildman–Crippen LogP) is 3.77. The number of hydroxylamine groups is 2. The van der Waals surface area contributed by atoms with Crippen molar-refractivity contribution in [2.24, 2.45) is 5.16 Å². The fourth-order valence-corrected chi connectivity index (χ4v) is 3.23. The van der Waals surface area contributed by atoms with E-state index in [0.29, 0.717) is 22.1 Å². The molecule has 3 aromatic rings. The van der Waals surface area contributed by atoms with Crippen molar-refractivity contribution in [1.82, 2.24) is 10.0 Å². The van der Waals surface area contributed by atoms with Crippen LogP contribution in [0, 0.1) is 5.41 Å². The number of ether oxygens (including phenoxy) is 1. The minimum absolute atomic E-state index is 0.0358. The molecule has 0 aliphatic rings. The van der Waals surface area contributed by atoms with Crippen molar-refractivity contribution in [3.05, 3.63) is 77.3 Å². The molecule has 3 rings (SSSR count). The van der Waals surface area contributed by atoms with Gasteiger partial charge in [0.2, 0.25) is 0 Å². The summed E-state index contributed by atoms with van der Waals surface area (Å²) < 4.78 is 5.41. The number of amides is 1. The molecule has 1 heterocycles. The van der Waals surface area contributed by atoms with E-state index in [1.165, 1.54) is 11.3 Å². The number of thiazole rings is 1. The Bertz CT molecular complexity index is 1060. The number of para-hydroxylation sites is 1.